The van der Waals surface area contributed by atoms with Gasteiger partial charge in [0.05, 0.1) is 23.5 Å². The highest BCUT2D eigenvalue weighted by atomic mass is 16.5. The van der Waals surface area contributed by atoms with E-state index in [9.17, 15) is 4.79 Å². The van der Waals surface area contributed by atoms with Gasteiger partial charge in [0.1, 0.15) is 0 Å². The number of hydrogen-bond acceptors (Lipinski definition) is 4. The van der Waals surface area contributed by atoms with E-state index in [4.69, 9.17) is 10.5 Å². The number of benzene rings is 1. The fraction of sp³-hybridized carbons (Fsp3) is 0.588. The summed E-state index contributed by atoms with van der Waals surface area (Å²) < 4.78 is 5.08. The van der Waals surface area contributed by atoms with Crippen LogP contribution >= 0.6 is 0 Å². The zero-order chi connectivity index (χ0) is 15.2. The Morgan fingerprint density at radius 1 is 1.29 bits per heavy atom. The maximum absolute atomic E-state index is 11.9. The van der Waals surface area contributed by atoms with E-state index in [1.165, 1.54) is 32.1 Å². The van der Waals surface area contributed by atoms with Gasteiger partial charge >= 0.3 is 5.97 Å². The molecule has 0 aromatic heterocycles. The van der Waals surface area contributed by atoms with Crippen molar-refractivity contribution in [2.45, 2.75) is 52.0 Å². The van der Waals surface area contributed by atoms with Crippen LogP contribution in [0.2, 0.25) is 0 Å². The summed E-state index contributed by atoms with van der Waals surface area (Å²) in [6.07, 6.45) is 6.29. The lowest BCUT2D eigenvalue weighted by molar-refractivity contribution is 0.0526. The Kier molecular flexibility index (Phi) is 5.48. The van der Waals surface area contributed by atoms with Gasteiger partial charge in [0, 0.05) is 12.6 Å². The highest BCUT2D eigenvalue weighted by molar-refractivity contribution is 5.92. The Labute approximate surface area is 127 Å². The molecule has 0 spiro atoms. The topological polar surface area (TPSA) is 55.6 Å². The van der Waals surface area contributed by atoms with Crippen molar-refractivity contribution in [3.05, 3.63) is 23.8 Å². The van der Waals surface area contributed by atoms with Crippen molar-refractivity contribution in [2.24, 2.45) is 0 Å². The van der Waals surface area contributed by atoms with Gasteiger partial charge in [0.25, 0.3) is 0 Å². The molecule has 4 nitrogen and oxygen atoms in total. The number of nitrogens with two attached hydrogens (primary N) is 1. The molecule has 1 aliphatic carbocycles. The third kappa shape index (κ3) is 3.69. The summed E-state index contributed by atoms with van der Waals surface area (Å²) in [4.78, 5) is 14.3. The lowest BCUT2D eigenvalue weighted by Crippen LogP contribution is -2.37. The minimum atomic E-state index is -0.279. The molecule has 2 N–H and O–H groups in total. The molecule has 1 aliphatic rings. The summed E-state index contributed by atoms with van der Waals surface area (Å²) >= 11 is 0. The quantitative estimate of drug-likeness (QED) is 0.665. The minimum Gasteiger partial charge on any atom is -0.462 e. The van der Waals surface area contributed by atoms with Gasteiger partial charge in [-0.15, -0.1) is 0 Å². The summed E-state index contributed by atoms with van der Waals surface area (Å²) in [5.41, 5.74) is 8.43. The van der Waals surface area contributed by atoms with Crippen LogP contribution in [0.3, 0.4) is 0 Å². The smallest absolute Gasteiger partial charge is 0.338 e. The average Bonchev–Trinajstić information content (AvgIpc) is 2.51. The Hall–Kier alpha value is -1.71. The van der Waals surface area contributed by atoms with Crippen molar-refractivity contribution in [2.75, 3.05) is 23.8 Å². The van der Waals surface area contributed by atoms with Crippen LogP contribution < -0.4 is 10.6 Å². The number of hydrogen-bond donors (Lipinski definition) is 1. The number of nitrogen functional groups attached to an aromatic ring is 1. The van der Waals surface area contributed by atoms with Crippen LogP contribution in [0, 0.1) is 0 Å². The van der Waals surface area contributed by atoms with Crippen LogP contribution in [0.5, 0.6) is 0 Å². The molecule has 116 valence electrons. The van der Waals surface area contributed by atoms with Crippen LogP contribution in [-0.2, 0) is 4.74 Å². The second kappa shape index (κ2) is 7.34. The van der Waals surface area contributed by atoms with Crippen LogP contribution in [0.4, 0.5) is 11.4 Å². The highest BCUT2D eigenvalue weighted by Gasteiger charge is 2.22. The van der Waals surface area contributed by atoms with E-state index < -0.39 is 0 Å². The van der Waals surface area contributed by atoms with E-state index in [1.54, 1.807) is 6.07 Å². The van der Waals surface area contributed by atoms with E-state index in [-0.39, 0.29) is 5.97 Å². The van der Waals surface area contributed by atoms with E-state index in [0.29, 0.717) is 18.2 Å². The molecule has 21 heavy (non-hydrogen) atoms. The summed E-state index contributed by atoms with van der Waals surface area (Å²) in [7, 11) is 0. The van der Waals surface area contributed by atoms with E-state index in [0.717, 1.165) is 17.9 Å². The van der Waals surface area contributed by atoms with Crippen LogP contribution in [0.1, 0.15) is 56.3 Å². The number of ether oxygens (including phenoxy) is 1. The number of carbonyl (C=O) groups is 1. The van der Waals surface area contributed by atoms with Crippen LogP contribution in [0.15, 0.2) is 18.2 Å². The first-order chi connectivity index (χ1) is 10.2. The Morgan fingerprint density at radius 3 is 2.62 bits per heavy atom. The van der Waals surface area contributed by atoms with Crippen molar-refractivity contribution in [1.29, 1.82) is 0 Å². The zero-order valence-corrected chi connectivity index (χ0v) is 13.1. The van der Waals surface area contributed by atoms with Gasteiger partial charge in [-0.1, -0.05) is 19.3 Å². The van der Waals surface area contributed by atoms with Gasteiger partial charge in [-0.25, -0.2) is 4.79 Å². The van der Waals surface area contributed by atoms with E-state index in [2.05, 4.69) is 11.8 Å². The van der Waals surface area contributed by atoms with E-state index in [1.807, 2.05) is 19.1 Å². The first-order valence-corrected chi connectivity index (χ1v) is 8.00. The molecular weight excluding hydrogens is 264 g/mol. The molecule has 2 rings (SSSR count). The summed E-state index contributed by atoms with van der Waals surface area (Å²) in [6.45, 7) is 5.25. The Bertz CT molecular complexity index is 482. The van der Waals surface area contributed by atoms with Crippen LogP contribution in [0.25, 0.3) is 0 Å². The molecule has 0 amide bonds. The van der Waals surface area contributed by atoms with E-state index >= 15 is 0 Å². The first-order valence-electron chi connectivity index (χ1n) is 8.00. The lowest BCUT2D eigenvalue weighted by Gasteiger charge is -2.36. The number of anilines is 2. The van der Waals surface area contributed by atoms with Gasteiger partial charge in [0.2, 0.25) is 0 Å². The number of rotatable bonds is 5. The van der Waals surface area contributed by atoms with Gasteiger partial charge < -0.3 is 15.4 Å². The molecule has 0 unspecified atom stereocenters. The SMILES string of the molecule is CCOC(=O)c1ccc(N)c(N(CC)C2CCCCC2)c1. The standard InChI is InChI=1S/C17H26N2O2/c1-3-19(14-8-6-5-7-9-14)16-12-13(10-11-15(16)18)17(20)21-4-2/h10-12,14H,3-9,18H2,1-2H3. The summed E-state index contributed by atoms with van der Waals surface area (Å²) in [6, 6.07) is 5.97. The molecule has 0 aliphatic heterocycles. The van der Waals surface area contributed by atoms with Gasteiger partial charge in [-0.3, -0.25) is 0 Å². The lowest BCUT2D eigenvalue weighted by atomic mass is 9.93. The second-order valence-corrected chi connectivity index (χ2v) is 5.57. The van der Waals surface area contributed by atoms with Gasteiger partial charge in [0.15, 0.2) is 0 Å². The monoisotopic (exact) mass is 290 g/mol. The normalized spacial score (nSPS) is 15.7. The minimum absolute atomic E-state index is 0.279. The fourth-order valence-electron chi connectivity index (χ4n) is 3.15. The molecule has 0 saturated heterocycles. The first kappa shape index (κ1) is 15.7. The summed E-state index contributed by atoms with van der Waals surface area (Å²) in [5, 5.41) is 0. The molecule has 0 heterocycles. The average molecular weight is 290 g/mol. The third-order valence-corrected chi connectivity index (χ3v) is 4.21. The van der Waals surface area contributed by atoms with Crippen molar-refractivity contribution in [3.8, 4) is 0 Å². The van der Waals surface area contributed by atoms with Crippen molar-refractivity contribution >= 4 is 17.3 Å². The molecule has 1 aromatic rings. The zero-order valence-electron chi connectivity index (χ0n) is 13.1. The van der Waals surface area contributed by atoms with Gasteiger partial charge in [-0.2, -0.15) is 0 Å². The van der Waals surface area contributed by atoms with Crippen molar-refractivity contribution < 1.29 is 9.53 Å². The highest BCUT2D eigenvalue weighted by Crippen LogP contribution is 2.31. The van der Waals surface area contributed by atoms with Crippen LogP contribution in [-0.4, -0.2) is 25.2 Å². The molecule has 4 heteroatoms. The molecule has 1 aromatic carbocycles. The predicted octanol–water partition coefficient (Wildman–Crippen LogP) is 3.60. The maximum atomic E-state index is 11.9. The van der Waals surface area contributed by atoms with Gasteiger partial charge in [-0.05, 0) is 44.9 Å². The second-order valence-electron chi connectivity index (χ2n) is 5.57. The fourth-order valence-corrected chi connectivity index (χ4v) is 3.15. The Morgan fingerprint density at radius 2 is 2.00 bits per heavy atom. The molecule has 1 fully saturated rings. The third-order valence-electron chi connectivity index (χ3n) is 4.21. The Balaban J connectivity index is 2.26. The summed E-state index contributed by atoms with van der Waals surface area (Å²) in [5.74, 6) is -0.279. The maximum Gasteiger partial charge on any atom is 0.338 e. The molecular formula is C17H26N2O2. The molecule has 0 radical (unpaired) electrons. The number of carbonyl (C=O) groups excluding carboxylic acids is 1. The predicted molar refractivity (Wildman–Crippen MR) is 86.7 cm³/mol. The largest absolute Gasteiger partial charge is 0.462 e. The molecule has 0 atom stereocenters. The number of nitrogens with zero attached hydrogens (tertiary/aromatic N) is 1. The van der Waals surface area contributed by atoms with Crippen molar-refractivity contribution in [1.82, 2.24) is 0 Å². The molecule has 1 saturated carbocycles. The van der Waals surface area contributed by atoms with Crippen molar-refractivity contribution in [3.63, 3.8) is 0 Å². The number of esters is 1. The molecule has 0 bridgehead atoms.